The van der Waals surface area contributed by atoms with Crippen molar-refractivity contribution in [2.75, 3.05) is 13.7 Å². The summed E-state index contributed by atoms with van der Waals surface area (Å²) < 4.78 is 4.76. The van der Waals surface area contributed by atoms with Crippen molar-refractivity contribution >= 4 is 17.2 Å². The zero-order valence-corrected chi connectivity index (χ0v) is 10.3. The summed E-state index contributed by atoms with van der Waals surface area (Å²) in [4.78, 5) is 15.7. The Balaban J connectivity index is 2.70. The third-order valence-corrected chi connectivity index (χ3v) is 3.16. The second-order valence-corrected chi connectivity index (χ2v) is 4.76. The van der Waals surface area contributed by atoms with Crippen molar-refractivity contribution in [1.82, 2.24) is 10.3 Å². The third-order valence-electron chi connectivity index (χ3n) is 1.88. The Hall–Kier alpha value is -0.940. The van der Waals surface area contributed by atoms with E-state index in [0.717, 1.165) is 10.7 Å². The molecule has 0 aliphatic heterocycles. The average Bonchev–Trinajstić information content (AvgIpc) is 2.51. The molecule has 0 fully saturated rings. The van der Waals surface area contributed by atoms with E-state index < -0.39 is 5.54 Å². The van der Waals surface area contributed by atoms with Crippen LogP contribution in [0.4, 0.5) is 0 Å². The second kappa shape index (κ2) is 4.72. The van der Waals surface area contributed by atoms with Crippen LogP contribution in [0.2, 0.25) is 0 Å². The average molecular weight is 228 g/mol. The van der Waals surface area contributed by atoms with Gasteiger partial charge in [-0.2, -0.15) is 0 Å². The Kier molecular flexibility index (Phi) is 3.82. The van der Waals surface area contributed by atoms with Gasteiger partial charge < -0.3 is 10.1 Å². The number of ether oxygens (including phenoxy) is 1. The van der Waals surface area contributed by atoms with E-state index in [1.165, 1.54) is 7.11 Å². The first-order chi connectivity index (χ1) is 6.95. The normalized spacial score (nSPS) is 11.5. The number of carbonyl (C=O) groups excluding carboxylic acids is 1. The van der Waals surface area contributed by atoms with Gasteiger partial charge in [-0.15, -0.1) is 11.3 Å². The molecule has 1 N–H and O–H groups in total. The number of aromatic nitrogens is 1. The number of methoxy groups -OCH3 is 1. The maximum Gasteiger partial charge on any atom is 0.246 e. The molecule has 1 heterocycles. The minimum Gasteiger partial charge on any atom is -0.375 e. The van der Waals surface area contributed by atoms with E-state index >= 15 is 0 Å². The highest BCUT2D eigenvalue weighted by Crippen LogP contribution is 2.23. The van der Waals surface area contributed by atoms with Gasteiger partial charge in [0.25, 0.3) is 0 Å². The maximum atomic E-state index is 11.4. The topological polar surface area (TPSA) is 51.2 Å². The molecule has 0 aliphatic rings. The van der Waals surface area contributed by atoms with Gasteiger partial charge in [0.15, 0.2) is 0 Å². The summed E-state index contributed by atoms with van der Waals surface area (Å²) in [5.41, 5.74) is 0.540. The standard InChI is InChI=1S/C10H16N2O2S/c1-7-6-15-9(11-7)10(2,3)12-8(13)5-14-4/h6H,5H2,1-4H3,(H,12,13). The van der Waals surface area contributed by atoms with E-state index in [2.05, 4.69) is 10.3 Å². The Morgan fingerprint density at radius 3 is 2.80 bits per heavy atom. The molecule has 84 valence electrons. The number of aryl methyl sites for hydroxylation is 1. The minimum absolute atomic E-state index is 0.0772. The summed E-state index contributed by atoms with van der Waals surface area (Å²) in [6, 6.07) is 0. The van der Waals surface area contributed by atoms with Crippen LogP contribution in [0.1, 0.15) is 24.5 Å². The van der Waals surface area contributed by atoms with Crippen LogP contribution in [-0.2, 0) is 15.1 Å². The molecule has 1 aromatic heterocycles. The van der Waals surface area contributed by atoms with Crippen LogP contribution < -0.4 is 5.32 Å². The summed E-state index contributed by atoms with van der Waals surface area (Å²) >= 11 is 1.55. The first-order valence-electron chi connectivity index (χ1n) is 4.68. The molecule has 5 heteroatoms. The predicted molar refractivity (Wildman–Crippen MR) is 59.9 cm³/mol. The van der Waals surface area contributed by atoms with Crippen molar-refractivity contribution in [3.8, 4) is 0 Å². The molecule has 1 amide bonds. The monoisotopic (exact) mass is 228 g/mol. The van der Waals surface area contributed by atoms with E-state index in [1.54, 1.807) is 11.3 Å². The van der Waals surface area contributed by atoms with Crippen molar-refractivity contribution in [3.05, 3.63) is 16.1 Å². The van der Waals surface area contributed by atoms with Crippen molar-refractivity contribution in [2.24, 2.45) is 0 Å². The largest absolute Gasteiger partial charge is 0.375 e. The van der Waals surface area contributed by atoms with E-state index in [1.807, 2.05) is 26.2 Å². The van der Waals surface area contributed by atoms with Gasteiger partial charge in [0.1, 0.15) is 11.6 Å². The molecule has 0 atom stereocenters. The smallest absolute Gasteiger partial charge is 0.246 e. The van der Waals surface area contributed by atoms with Crippen molar-refractivity contribution < 1.29 is 9.53 Å². The molecule has 0 saturated heterocycles. The fourth-order valence-electron chi connectivity index (χ4n) is 1.21. The Labute approximate surface area is 93.7 Å². The zero-order chi connectivity index (χ0) is 11.5. The number of amides is 1. The van der Waals surface area contributed by atoms with Crippen molar-refractivity contribution in [1.29, 1.82) is 0 Å². The molecule has 0 radical (unpaired) electrons. The van der Waals surface area contributed by atoms with E-state index in [9.17, 15) is 4.79 Å². The Morgan fingerprint density at radius 2 is 2.33 bits per heavy atom. The lowest BCUT2D eigenvalue weighted by molar-refractivity contribution is -0.126. The number of hydrogen-bond donors (Lipinski definition) is 1. The van der Waals surface area contributed by atoms with Gasteiger partial charge in [0, 0.05) is 18.2 Å². The van der Waals surface area contributed by atoms with E-state index in [0.29, 0.717) is 0 Å². The van der Waals surface area contributed by atoms with Gasteiger partial charge in [-0.1, -0.05) is 0 Å². The number of thiazole rings is 1. The van der Waals surface area contributed by atoms with Crippen LogP contribution in [0.25, 0.3) is 0 Å². The number of rotatable bonds is 4. The lowest BCUT2D eigenvalue weighted by Gasteiger charge is -2.23. The maximum absolute atomic E-state index is 11.4. The van der Waals surface area contributed by atoms with Crippen molar-refractivity contribution in [3.63, 3.8) is 0 Å². The fraction of sp³-hybridized carbons (Fsp3) is 0.600. The second-order valence-electron chi connectivity index (χ2n) is 3.90. The fourth-order valence-corrected chi connectivity index (χ4v) is 2.09. The first-order valence-corrected chi connectivity index (χ1v) is 5.56. The highest BCUT2D eigenvalue weighted by molar-refractivity contribution is 7.09. The van der Waals surface area contributed by atoms with Crippen LogP contribution in [0, 0.1) is 6.92 Å². The lowest BCUT2D eigenvalue weighted by atomic mass is 10.1. The van der Waals surface area contributed by atoms with Gasteiger partial charge in [-0.3, -0.25) is 4.79 Å². The summed E-state index contributed by atoms with van der Waals surface area (Å²) in [5, 5.41) is 5.75. The highest BCUT2D eigenvalue weighted by Gasteiger charge is 2.25. The molecule has 0 unspecified atom stereocenters. The molecule has 15 heavy (non-hydrogen) atoms. The summed E-state index contributed by atoms with van der Waals surface area (Å²) in [6.07, 6.45) is 0. The van der Waals surface area contributed by atoms with Crippen molar-refractivity contribution in [2.45, 2.75) is 26.3 Å². The quantitative estimate of drug-likeness (QED) is 0.848. The lowest BCUT2D eigenvalue weighted by Crippen LogP contribution is -2.42. The van der Waals surface area contributed by atoms with Gasteiger partial charge in [-0.05, 0) is 20.8 Å². The van der Waals surface area contributed by atoms with E-state index in [-0.39, 0.29) is 12.5 Å². The van der Waals surface area contributed by atoms with E-state index in [4.69, 9.17) is 4.74 Å². The summed E-state index contributed by atoms with van der Waals surface area (Å²) in [7, 11) is 1.50. The molecule has 0 aromatic carbocycles. The third kappa shape index (κ3) is 3.28. The molecule has 1 aromatic rings. The molecule has 4 nitrogen and oxygen atoms in total. The summed E-state index contributed by atoms with van der Waals surface area (Å²) in [5.74, 6) is -0.129. The molecular weight excluding hydrogens is 212 g/mol. The first kappa shape index (κ1) is 12.1. The Bertz CT molecular complexity index is 347. The highest BCUT2D eigenvalue weighted by atomic mass is 32.1. The predicted octanol–water partition coefficient (Wildman–Crippen LogP) is 1.45. The molecule has 0 aliphatic carbocycles. The Morgan fingerprint density at radius 1 is 1.67 bits per heavy atom. The van der Waals surface area contributed by atoms with Crippen LogP contribution in [0.5, 0.6) is 0 Å². The molecule has 0 saturated carbocycles. The van der Waals surface area contributed by atoms with Gasteiger partial charge in [0.2, 0.25) is 5.91 Å². The van der Waals surface area contributed by atoms with Crippen LogP contribution >= 0.6 is 11.3 Å². The molecule has 1 rings (SSSR count). The van der Waals surface area contributed by atoms with Crippen LogP contribution in [0.15, 0.2) is 5.38 Å². The molecule has 0 bridgehead atoms. The number of nitrogens with one attached hydrogen (secondary N) is 1. The molecule has 0 spiro atoms. The van der Waals surface area contributed by atoms with Gasteiger partial charge in [-0.25, -0.2) is 4.98 Å². The number of carbonyl (C=O) groups is 1. The SMILES string of the molecule is COCC(=O)NC(C)(C)c1nc(C)cs1. The number of hydrogen-bond acceptors (Lipinski definition) is 4. The minimum atomic E-state index is -0.436. The van der Waals surface area contributed by atoms with Gasteiger partial charge in [0.05, 0.1) is 5.54 Å². The van der Waals surface area contributed by atoms with Gasteiger partial charge >= 0.3 is 0 Å². The zero-order valence-electron chi connectivity index (χ0n) is 9.46. The summed E-state index contributed by atoms with van der Waals surface area (Å²) in [6.45, 7) is 5.87. The van der Waals surface area contributed by atoms with Crippen LogP contribution in [-0.4, -0.2) is 24.6 Å². The molecular formula is C10H16N2O2S. The number of nitrogens with zero attached hydrogens (tertiary/aromatic N) is 1. The van der Waals surface area contributed by atoms with Crippen LogP contribution in [0.3, 0.4) is 0 Å².